The Balaban J connectivity index is 1.55. The molecule has 1 unspecified atom stereocenters. The number of phenolic OH excluding ortho intramolecular Hbond substituents is 1. The van der Waals surface area contributed by atoms with Gasteiger partial charge < -0.3 is 20.8 Å². The third-order valence-electron chi connectivity index (χ3n) is 7.38. The number of carbonyl (C=O) groups excluding carboxylic acids is 1. The number of carbonyl (C=O) groups is 1. The highest BCUT2D eigenvalue weighted by Gasteiger charge is 2.57. The Morgan fingerprint density at radius 1 is 1.33 bits per heavy atom. The van der Waals surface area contributed by atoms with E-state index >= 15 is 0 Å². The molecule has 146 valence electrons. The summed E-state index contributed by atoms with van der Waals surface area (Å²) in [5.74, 6) is 1.52. The smallest absolute Gasteiger partial charge is 0.223 e. The molecule has 2 saturated heterocycles. The molecule has 1 aromatic carbocycles. The van der Waals surface area contributed by atoms with Crippen LogP contribution < -0.4 is 5.73 Å². The van der Waals surface area contributed by atoms with Crippen molar-refractivity contribution >= 4 is 5.91 Å². The summed E-state index contributed by atoms with van der Waals surface area (Å²) in [4.78, 5) is 17.3. The van der Waals surface area contributed by atoms with E-state index in [0.717, 1.165) is 31.8 Å². The number of aliphatic hydroxyl groups excluding tert-OH is 1. The van der Waals surface area contributed by atoms with Crippen LogP contribution >= 0.6 is 0 Å². The fourth-order valence-electron chi connectivity index (χ4n) is 5.95. The molecule has 4 aliphatic rings. The van der Waals surface area contributed by atoms with Crippen molar-refractivity contribution in [2.24, 2.45) is 17.6 Å². The van der Waals surface area contributed by atoms with Gasteiger partial charge in [-0.2, -0.15) is 0 Å². The average Bonchev–Trinajstić information content (AvgIpc) is 3.42. The first-order valence-corrected chi connectivity index (χ1v) is 10.2. The van der Waals surface area contributed by atoms with Gasteiger partial charge in [-0.05, 0) is 61.4 Å². The first-order valence-electron chi connectivity index (χ1n) is 10.2. The van der Waals surface area contributed by atoms with Gasteiger partial charge in [-0.1, -0.05) is 6.07 Å². The Kier molecular flexibility index (Phi) is 4.00. The Hall–Kier alpha value is -1.63. The zero-order chi connectivity index (χ0) is 18.8. The number of benzene rings is 1. The molecular weight excluding hydrogens is 342 g/mol. The average molecular weight is 371 g/mol. The summed E-state index contributed by atoms with van der Waals surface area (Å²) >= 11 is 0. The Morgan fingerprint density at radius 2 is 2.15 bits per heavy atom. The number of aliphatic hydroxyl groups is 1. The number of rotatable bonds is 4. The van der Waals surface area contributed by atoms with Gasteiger partial charge in [0.2, 0.25) is 5.91 Å². The van der Waals surface area contributed by atoms with Crippen molar-refractivity contribution in [3.05, 3.63) is 29.3 Å². The molecule has 27 heavy (non-hydrogen) atoms. The quantitative estimate of drug-likeness (QED) is 0.681. The molecule has 2 bridgehead atoms. The predicted octanol–water partition coefficient (Wildman–Crippen LogP) is 0.796. The third-order valence-corrected chi connectivity index (χ3v) is 7.38. The summed E-state index contributed by atoms with van der Waals surface area (Å²) < 4.78 is 0. The van der Waals surface area contributed by atoms with Crippen molar-refractivity contribution < 1.29 is 15.0 Å². The summed E-state index contributed by atoms with van der Waals surface area (Å²) in [7, 11) is 0. The monoisotopic (exact) mass is 371 g/mol. The minimum atomic E-state index is -0.995. The molecule has 4 atom stereocenters. The van der Waals surface area contributed by atoms with Crippen LogP contribution in [0.4, 0.5) is 0 Å². The Bertz CT molecular complexity index is 763. The lowest BCUT2D eigenvalue weighted by molar-refractivity contribution is -0.146. The van der Waals surface area contributed by atoms with Gasteiger partial charge in [0.05, 0.1) is 6.54 Å². The molecule has 6 nitrogen and oxygen atoms in total. The van der Waals surface area contributed by atoms with Gasteiger partial charge in [0.15, 0.2) is 0 Å². The predicted molar refractivity (Wildman–Crippen MR) is 101 cm³/mol. The van der Waals surface area contributed by atoms with Crippen molar-refractivity contribution in [2.45, 2.75) is 49.8 Å². The maximum Gasteiger partial charge on any atom is 0.223 e. The first-order chi connectivity index (χ1) is 13.0. The van der Waals surface area contributed by atoms with Gasteiger partial charge in [-0.15, -0.1) is 0 Å². The van der Waals surface area contributed by atoms with Crippen LogP contribution in [0.25, 0.3) is 0 Å². The largest absolute Gasteiger partial charge is 0.508 e. The second-order valence-corrected chi connectivity index (χ2v) is 9.11. The van der Waals surface area contributed by atoms with Crippen molar-refractivity contribution in [2.75, 3.05) is 26.2 Å². The van der Waals surface area contributed by atoms with Gasteiger partial charge in [-0.25, -0.2) is 0 Å². The topological polar surface area (TPSA) is 90.0 Å². The summed E-state index contributed by atoms with van der Waals surface area (Å²) in [6.07, 6.45) is 4.07. The highest BCUT2D eigenvalue weighted by atomic mass is 16.3. The third kappa shape index (κ3) is 2.85. The summed E-state index contributed by atoms with van der Waals surface area (Å²) in [5.41, 5.74) is 7.86. The lowest BCUT2D eigenvalue weighted by Gasteiger charge is -2.60. The van der Waals surface area contributed by atoms with Gasteiger partial charge in [0.25, 0.3) is 0 Å². The van der Waals surface area contributed by atoms with Crippen LogP contribution in [-0.2, 0) is 16.6 Å². The number of β-amino-alcohol motifs (C(OH)–C–C–N with tert-alkyl or cyclic N) is 1. The number of amides is 1. The zero-order valence-corrected chi connectivity index (χ0v) is 15.7. The highest BCUT2D eigenvalue weighted by Crippen LogP contribution is 2.54. The molecule has 3 fully saturated rings. The standard InChI is InChI=1S/C21H29N3O3/c22-19(26)12-24-11-17-18-7-14-3-4-15(25)8-16(14)21(17,9-20(24)27)5-6-23(18)10-13-1-2-13/h3-4,8,13,17-19,25-26H,1-2,5-7,9-12,22H2/t17-,18+,19?,21+/m0/s1. The lowest BCUT2D eigenvalue weighted by Crippen LogP contribution is -2.67. The van der Waals surface area contributed by atoms with E-state index in [4.69, 9.17) is 5.73 Å². The van der Waals surface area contributed by atoms with E-state index in [0.29, 0.717) is 24.9 Å². The molecule has 4 N–H and O–H groups in total. The summed E-state index contributed by atoms with van der Waals surface area (Å²) in [6, 6.07) is 6.15. The maximum atomic E-state index is 12.9. The Labute approximate surface area is 159 Å². The minimum Gasteiger partial charge on any atom is -0.508 e. The minimum absolute atomic E-state index is 0.0707. The molecular formula is C21H29N3O3. The number of nitrogens with two attached hydrogens (primary N) is 1. The van der Waals surface area contributed by atoms with Gasteiger partial charge in [-0.3, -0.25) is 9.69 Å². The van der Waals surface area contributed by atoms with Crippen molar-refractivity contribution in [1.29, 1.82) is 0 Å². The lowest BCUT2D eigenvalue weighted by atomic mass is 9.54. The molecule has 2 aliphatic heterocycles. The summed E-state index contributed by atoms with van der Waals surface area (Å²) in [5, 5.41) is 19.8. The number of phenols is 1. The molecule has 5 rings (SSSR count). The van der Waals surface area contributed by atoms with Crippen LogP contribution in [0.5, 0.6) is 5.75 Å². The van der Waals surface area contributed by atoms with Crippen LogP contribution in [0.3, 0.4) is 0 Å². The van der Waals surface area contributed by atoms with Crippen LogP contribution in [0.1, 0.15) is 36.8 Å². The van der Waals surface area contributed by atoms with E-state index in [1.807, 2.05) is 6.07 Å². The number of hydrogen-bond acceptors (Lipinski definition) is 5. The molecule has 2 aliphatic carbocycles. The van der Waals surface area contributed by atoms with Gasteiger partial charge >= 0.3 is 0 Å². The molecule has 0 aromatic heterocycles. The van der Waals surface area contributed by atoms with Gasteiger partial charge in [0, 0.05) is 36.9 Å². The van der Waals surface area contributed by atoms with Crippen LogP contribution in [-0.4, -0.2) is 64.4 Å². The molecule has 1 aromatic rings. The van der Waals surface area contributed by atoms with E-state index < -0.39 is 6.23 Å². The van der Waals surface area contributed by atoms with E-state index in [1.54, 1.807) is 11.0 Å². The van der Waals surface area contributed by atoms with E-state index in [-0.39, 0.29) is 23.6 Å². The van der Waals surface area contributed by atoms with Crippen molar-refractivity contribution in [3.63, 3.8) is 0 Å². The molecule has 0 radical (unpaired) electrons. The number of aromatic hydroxyl groups is 1. The molecule has 6 heteroatoms. The number of nitrogens with zero attached hydrogens (tertiary/aromatic N) is 2. The maximum absolute atomic E-state index is 12.9. The molecule has 1 amide bonds. The van der Waals surface area contributed by atoms with Crippen LogP contribution in [0.15, 0.2) is 18.2 Å². The van der Waals surface area contributed by atoms with E-state index in [9.17, 15) is 15.0 Å². The SMILES string of the molecule is NC(O)CN1C[C@H]2[C@H]3Cc4ccc(O)cc4[C@@]2(CCN3CC2CC2)CC1=O. The molecule has 1 saturated carbocycles. The number of likely N-dealkylation sites (tertiary alicyclic amines) is 2. The first kappa shape index (κ1) is 17.5. The molecule has 0 spiro atoms. The number of hydrogen-bond donors (Lipinski definition) is 3. The Morgan fingerprint density at radius 3 is 2.89 bits per heavy atom. The van der Waals surface area contributed by atoms with Crippen LogP contribution in [0.2, 0.25) is 0 Å². The molecule has 2 heterocycles. The van der Waals surface area contributed by atoms with E-state index in [2.05, 4.69) is 11.0 Å². The number of piperidine rings is 2. The van der Waals surface area contributed by atoms with Crippen LogP contribution in [0, 0.1) is 11.8 Å². The second-order valence-electron chi connectivity index (χ2n) is 9.11. The normalized spacial score (nSPS) is 34.1. The number of fused-ring (bicyclic) bond motifs is 1. The zero-order valence-electron chi connectivity index (χ0n) is 15.7. The van der Waals surface area contributed by atoms with Crippen molar-refractivity contribution in [1.82, 2.24) is 9.80 Å². The van der Waals surface area contributed by atoms with Crippen molar-refractivity contribution in [3.8, 4) is 5.75 Å². The second kappa shape index (κ2) is 6.19. The summed E-state index contributed by atoms with van der Waals surface area (Å²) in [6.45, 7) is 3.04. The van der Waals surface area contributed by atoms with E-state index in [1.165, 1.54) is 24.0 Å². The fourth-order valence-corrected chi connectivity index (χ4v) is 5.95. The van der Waals surface area contributed by atoms with Gasteiger partial charge in [0.1, 0.15) is 12.0 Å². The fraction of sp³-hybridized carbons (Fsp3) is 0.667. The highest BCUT2D eigenvalue weighted by molar-refractivity contribution is 5.80.